The topological polar surface area (TPSA) is 61.7 Å². The number of hydrogen-bond donors (Lipinski definition) is 2. The quantitative estimate of drug-likeness (QED) is 0.729. The molecule has 0 radical (unpaired) electrons. The van der Waals surface area contributed by atoms with Gasteiger partial charge in [0.05, 0.1) is 16.5 Å². The molecule has 1 aromatic carbocycles. The molecule has 4 nitrogen and oxygen atoms in total. The summed E-state index contributed by atoms with van der Waals surface area (Å²) in [7, 11) is 0. The number of rotatable bonds is 5. The van der Waals surface area contributed by atoms with Gasteiger partial charge < -0.3 is 10.4 Å². The van der Waals surface area contributed by atoms with Gasteiger partial charge in [0, 0.05) is 22.6 Å². The molecule has 3 rings (SSSR count). The maximum atomic E-state index is 10.8. The average Bonchev–Trinajstić information content (AvgIpc) is 2.85. The van der Waals surface area contributed by atoms with Crippen LogP contribution in [0.15, 0.2) is 29.8 Å². The van der Waals surface area contributed by atoms with Crippen LogP contribution in [-0.2, 0) is 17.6 Å². The molecular weight excluding hydrogens is 379 g/mol. The Labute approximate surface area is 159 Å². The maximum absolute atomic E-state index is 10.8. The third kappa shape index (κ3) is 3.89. The van der Waals surface area contributed by atoms with E-state index in [0.717, 1.165) is 38.1 Å². The molecule has 0 bridgehead atoms. The van der Waals surface area contributed by atoms with Crippen LogP contribution in [0.3, 0.4) is 0 Å². The van der Waals surface area contributed by atoms with Crippen molar-refractivity contribution in [1.29, 1.82) is 0 Å². The van der Waals surface area contributed by atoms with Crippen LogP contribution in [0.4, 0.5) is 5.00 Å². The Morgan fingerprint density at radius 2 is 2.12 bits per heavy atom. The summed E-state index contributed by atoms with van der Waals surface area (Å²) in [6, 6.07) is 5.50. The smallest absolute Gasteiger partial charge is 0.303 e. The fourth-order valence-corrected chi connectivity index (χ4v) is 4.30. The van der Waals surface area contributed by atoms with E-state index in [1.165, 1.54) is 11.3 Å². The molecule has 0 unspecified atom stereocenters. The Morgan fingerprint density at radius 3 is 2.80 bits per heavy atom. The van der Waals surface area contributed by atoms with Crippen molar-refractivity contribution in [1.82, 2.24) is 5.32 Å². The van der Waals surface area contributed by atoms with Gasteiger partial charge in [0.2, 0.25) is 0 Å². The van der Waals surface area contributed by atoms with E-state index in [2.05, 4.69) is 11.9 Å². The molecule has 1 aromatic heterocycles. The minimum atomic E-state index is -0.800. The third-order valence-electron chi connectivity index (χ3n) is 3.98. The molecule has 2 heterocycles. The van der Waals surface area contributed by atoms with Crippen LogP contribution in [0.1, 0.15) is 28.0 Å². The lowest BCUT2D eigenvalue weighted by molar-refractivity contribution is -0.136. The lowest BCUT2D eigenvalue weighted by Crippen LogP contribution is -2.26. The number of aliphatic carboxylic acids is 1. The molecule has 0 fully saturated rings. The molecule has 1 aliphatic heterocycles. The first kappa shape index (κ1) is 18.0. The van der Waals surface area contributed by atoms with E-state index in [4.69, 9.17) is 33.3 Å². The normalized spacial score (nSPS) is 13.2. The molecule has 0 saturated carbocycles. The number of nitrogens with one attached hydrogen (secondary N) is 1. The van der Waals surface area contributed by atoms with Crippen LogP contribution in [0.5, 0.6) is 0 Å². The molecule has 130 valence electrons. The first-order valence-corrected chi connectivity index (χ1v) is 9.24. The molecule has 0 saturated heterocycles. The van der Waals surface area contributed by atoms with Crippen LogP contribution in [0.2, 0.25) is 10.0 Å². The van der Waals surface area contributed by atoms with Crippen molar-refractivity contribution in [3.05, 3.63) is 56.4 Å². The zero-order chi connectivity index (χ0) is 18.1. The highest BCUT2D eigenvalue weighted by molar-refractivity contribution is 7.16. The van der Waals surface area contributed by atoms with Gasteiger partial charge in [-0.1, -0.05) is 35.8 Å². The van der Waals surface area contributed by atoms with Crippen LogP contribution < -0.4 is 5.32 Å². The minimum Gasteiger partial charge on any atom is -0.481 e. The van der Waals surface area contributed by atoms with Gasteiger partial charge >= 0.3 is 5.97 Å². The standard InChI is InChI=1S/C18H16Cl2N2O2S/c1-9-14(5-6-16(23)24)25-18-17(9)10(2)21-15(22-18)8-11-3-4-12(19)13(20)7-11/h3-4,7H,2,5-6,8H2,1H3,(H,21,22)(H,23,24). The van der Waals surface area contributed by atoms with Crippen molar-refractivity contribution >= 4 is 57.0 Å². The van der Waals surface area contributed by atoms with E-state index in [-0.39, 0.29) is 6.42 Å². The number of fused-ring (bicyclic) bond motifs is 1. The largest absolute Gasteiger partial charge is 0.481 e. The highest BCUT2D eigenvalue weighted by Gasteiger charge is 2.22. The molecule has 0 atom stereocenters. The summed E-state index contributed by atoms with van der Waals surface area (Å²) in [6.07, 6.45) is 1.19. The number of halogens is 2. The Hall–Kier alpha value is -1.82. The monoisotopic (exact) mass is 394 g/mol. The fourth-order valence-electron chi connectivity index (χ4n) is 2.75. The second-order valence-corrected chi connectivity index (χ2v) is 7.71. The average molecular weight is 395 g/mol. The van der Waals surface area contributed by atoms with Crippen molar-refractivity contribution in [3.8, 4) is 0 Å². The van der Waals surface area contributed by atoms with Gasteiger partial charge in [-0.15, -0.1) is 11.3 Å². The second kappa shape index (κ2) is 7.20. The van der Waals surface area contributed by atoms with E-state index in [0.29, 0.717) is 22.9 Å². The second-order valence-electron chi connectivity index (χ2n) is 5.81. The fraction of sp³-hybridized carbons (Fsp3) is 0.222. The number of hydrogen-bond acceptors (Lipinski definition) is 4. The molecule has 7 heteroatoms. The number of nitrogens with zero attached hydrogens (tertiary/aromatic N) is 1. The number of aryl methyl sites for hydroxylation is 1. The summed E-state index contributed by atoms with van der Waals surface area (Å²) in [5.41, 5.74) is 3.81. The number of amidine groups is 1. The van der Waals surface area contributed by atoms with Crippen molar-refractivity contribution in [2.75, 3.05) is 0 Å². The van der Waals surface area contributed by atoms with Crippen LogP contribution >= 0.6 is 34.5 Å². The molecule has 2 aromatic rings. The number of carboxylic acids is 1. The van der Waals surface area contributed by atoms with Gasteiger partial charge in [0.1, 0.15) is 10.8 Å². The number of aliphatic imine (C=N–C) groups is 1. The summed E-state index contributed by atoms with van der Waals surface area (Å²) in [5, 5.41) is 14.0. The van der Waals surface area contributed by atoms with Crippen LogP contribution in [0, 0.1) is 6.92 Å². The Balaban J connectivity index is 1.87. The number of carbonyl (C=O) groups is 1. The third-order valence-corrected chi connectivity index (χ3v) is 5.97. The summed E-state index contributed by atoms with van der Waals surface area (Å²) < 4.78 is 0. The van der Waals surface area contributed by atoms with Gasteiger partial charge in [-0.25, -0.2) is 4.99 Å². The number of carboxylic acid groups (broad SMARTS) is 1. The van der Waals surface area contributed by atoms with Crippen LogP contribution in [0.25, 0.3) is 5.70 Å². The van der Waals surface area contributed by atoms with Gasteiger partial charge in [0.15, 0.2) is 0 Å². The van der Waals surface area contributed by atoms with Gasteiger partial charge in [-0.05, 0) is 36.6 Å². The van der Waals surface area contributed by atoms with Gasteiger partial charge in [-0.3, -0.25) is 4.79 Å². The summed E-state index contributed by atoms with van der Waals surface area (Å²) in [6.45, 7) is 6.08. The van der Waals surface area contributed by atoms with Crippen molar-refractivity contribution in [2.45, 2.75) is 26.2 Å². The lowest BCUT2D eigenvalue weighted by atomic mass is 10.0. The van der Waals surface area contributed by atoms with E-state index >= 15 is 0 Å². The van der Waals surface area contributed by atoms with Crippen molar-refractivity contribution < 1.29 is 9.90 Å². The Bertz CT molecular complexity index is 903. The summed E-state index contributed by atoms with van der Waals surface area (Å²) >= 11 is 13.6. The number of thiophene rings is 1. The molecule has 25 heavy (non-hydrogen) atoms. The number of benzene rings is 1. The predicted octanol–water partition coefficient (Wildman–Crippen LogP) is 5.23. The molecule has 2 N–H and O–H groups in total. The molecule has 0 aliphatic carbocycles. The highest BCUT2D eigenvalue weighted by atomic mass is 35.5. The van der Waals surface area contributed by atoms with Crippen molar-refractivity contribution in [2.24, 2.45) is 4.99 Å². The summed E-state index contributed by atoms with van der Waals surface area (Å²) in [4.78, 5) is 16.6. The highest BCUT2D eigenvalue weighted by Crippen LogP contribution is 2.41. The molecule has 0 spiro atoms. The molecular formula is C18H16Cl2N2O2S. The first-order valence-electron chi connectivity index (χ1n) is 7.67. The van der Waals surface area contributed by atoms with E-state index in [9.17, 15) is 4.79 Å². The zero-order valence-electron chi connectivity index (χ0n) is 13.5. The van der Waals surface area contributed by atoms with Crippen molar-refractivity contribution in [3.63, 3.8) is 0 Å². The van der Waals surface area contributed by atoms with Gasteiger partial charge in [0.25, 0.3) is 0 Å². The summed E-state index contributed by atoms with van der Waals surface area (Å²) in [5.74, 6) is -0.0199. The SMILES string of the molecule is C=C1NC(Cc2ccc(Cl)c(Cl)c2)=Nc2sc(CCC(=O)O)c(C)c21. The van der Waals surface area contributed by atoms with Gasteiger partial charge in [-0.2, -0.15) is 0 Å². The Kier molecular flexibility index (Phi) is 5.18. The maximum Gasteiger partial charge on any atom is 0.303 e. The van der Waals surface area contributed by atoms with Crippen LogP contribution in [-0.4, -0.2) is 16.9 Å². The van der Waals surface area contributed by atoms with E-state index in [1.807, 2.05) is 19.1 Å². The van der Waals surface area contributed by atoms with E-state index in [1.54, 1.807) is 6.07 Å². The molecule has 1 aliphatic rings. The zero-order valence-corrected chi connectivity index (χ0v) is 15.9. The predicted molar refractivity (Wildman–Crippen MR) is 104 cm³/mol. The minimum absolute atomic E-state index is 0.111. The lowest BCUT2D eigenvalue weighted by Gasteiger charge is -2.18. The molecule has 0 amide bonds. The van der Waals surface area contributed by atoms with E-state index < -0.39 is 5.97 Å². The first-order chi connectivity index (χ1) is 11.8. The Morgan fingerprint density at radius 1 is 1.36 bits per heavy atom.